The Morgan fingerprint density at radius 1 is 1.03 bits per heavy atom. The Morgan fingerprint density at radius 3 is 2.39 bits per heavy atom. The minimum absolute atomic E-state index is 0.0287. The molecule has 36 heavy (non-hydrogen) atoms. The third kappa shape index (κ3) is 5.20. The number of nitrogens with one attached hydrogen (secondary N) is 2. The van der Waals surface area contributed by atoms with Crippen LogP contribution in [0, 0.1) is 5.92 Å². The smallest absolute Gasteiger partial charge is 0.225 e. The monoisotopic (exact) mass is 551 g/mol. The van der Waals surface area contributed by atoms with Crippen LogP contribution in [0.2, 0.25) is 15.1 Å². The first-order valence-electron chi connectivity index (χ1n) is 12.2. The zero-order valence-electron chi connectivity index (χ0n) is 19.6. The number of primary amides is 1. The molecule has 0 aliphatic heterocycles. The predicted octanol–water partition coefficient (Wildman–Crippen LogP) is 5.46. The first-order chi connectivity index (χ1) is 17.3. The second kappa shape index (κ2) is 10.6. The summed E-state index contributed by atoms with van der Waals surface area (Å²) in [6.45, 7) is 0. The Bertz CT molecular complexity index is 1250. The average molecular weight is 553 g/mol. The Morgan fingerprint density at radius 2 is 1.72 bits per heavy atom. The van der Waals surface area contributed by atoms with Gasteiger partial charge >= 0.3 is 0 Å². The molecule has 2 aromatic heterocycles. The fourth-order valence-corrected chi connectivity index (χ4v) is 6.14. The molecule has 192 valence electrons. The van der Waals surface area contributed by atoms with Gasteiger partial charge in [-0.3, -0.25) is 9.36 Å². The topological polar surface area (TPSA) is 131 Å². The standard InChI is InChI=1S/C24H28Cl3N7O2/c25-13-9-15(26)20(16(27)10-13)32-24-31-18-11-29-23(30-17-3-1-2-4-19(17)35)33-22(18)34(24)14-7-5-12(6-8-14)21(28)36/h9-12,14,17,19,35H,1-8H2,(H2,28,36)(H,31,32)(H,29,30,33)/t12-,14+,17-,19+/m1/s1. The number of anilines is 3. The first-order valence-corrected chi connectivity index (χ1v) is 13.3. The van der Waals surface area contributed by atoms with Crippen LogP contribution in [0.3, 0.4) is 0 Å². The highest BCUT2D eigenvalue weighted by Crippen LogP contribution is 2.40. The number of carbonyl (C=O) groups excluding carboxylic acids is 1. The second-order valence-electron chi connectivity index (χ2n) is 9.59. The highest BCUT2D eigenvalue weighted by Gasteiger charge is 2.30. The van der Waals surface area contributed by atoms with Crippen molar-refractivity contribution in [1.29, 1.82) is 0 Å². The lowest BCUT2D eigenvalue weighted by Crippen LogP contribution is -2.36. The summed E-state index contributed by atoms with van der Waals surface area (Å²) < 4.78 is 2.03. The van der Waals surface area contributed by atoms with Gasteiger partial charge in [-0.25, -0.2) is 9.97 Å². The maximum absolute atomic E-state index is 11.7. The van der Waals surface area contributed by atoms with Crippen LogP contribution in [0.4, 0.5) is 17.6 Å². The van der Waals surface area contributed by atoms with Crippen molar-refractivity contribution in [3.63, 3.8) is 0 Å². The molecule has 2 heterocycles. The van der Waals surface area contributed by atoms with Crippen molar-refractivity contribution < 1.29 is 9.90 Å². The number of hydrogen-bond donors (Lipinski definition) is 4. The SMILES string of the molecule is NC(=O)[C@H]1CC[C@@H](n2c(Nc3c(Cl)cc(Cl)cc3Cl)nc3cnc(N[C@@H]4CCCC[C@@H]4O)nc32)CC1. The molecule has 3 aromatic rings. The second-order valence-corrected chi connectivity index (χ2v) is 10.8. The van der Waals surface area contributed by atoms with E-state index in [-0.39, 0.29) is 23.9 Å². The number of aromatic nitrogens is 4. The number of aliphatic hydroxyl groups excluding tert-OH is 1. The van der Waals surface area contributed by atoms with Crippen LogP contribution in [0.5, 0.6) is 0 Å². The molecule has 2 saturated carbocycles. The molecule has 0 radical (unpaired) electrons. The Balaban J connectivity index is 1.53. The maximum Gasteiger partial charge on any atom is 0.225 e. The van der Waals surface area contributed by atoms with E-state index >= 15 is 0 Å². The van der Waals surface area contributed by atoms with Crippen LogP contribution in [-0.4, -0.2) is 42.7 Å². The molecule has 2 atom stereocenters. The zero-order chi connectivity index (χ0) is 25.4. The lowest BCUT2D eigenvalue weighted by atomic mass is 9.85. The van der Waals surface area contributed by atoms with Gasteiger partial charge in [-0.05, 0) is 50.7 Å². The Labute approximate surface area is 223 Å². The van der Waals surface area contributed by atoms with Gasteiger partial charge in [-0.2, -0.15) is 4.98 Å². The summed E-state index contributed by atoms with van der Waals surface area (Å²) in [7, 11) is 0. The normalized spacial score (nSPS) is 24.6. The molecular weight excluding hydrogens is 525 g/mol. The quantitative estimate of drug-likeness (QED) is 0.319. The van der Waals surface area contributed by atoms with Gasteiger partial charge in [0.25, 0.3) is 0 Å². The van der Waals surface area contributed by atoms with Gasteiger partial charge in [-0.15, -0.1) is 0 Å². The van der Waals surface area contributed by atoms with Crippen molar-refractivity contribution in [3.8, 4) is 0 Å². The van der Waals surface area contributed by atoms with E-state index < -0.39 is 6.10 Å². The molecule has 5 N–H and O–H groups in total. The van der Waals surface area contributed by atoms with Gasteiger partial charge < -0.3 is 21.5 Å². The Kier molecular flexibility index (Phi) is 7.44. The summed E-state index contributed by atoms with van der Waals surface area (Å²) >= 11 is 19.0. The van der Waals surface area contributed by atoms with Crippen LogP contribution in [0.15, 0.2) is 18.3 Å². The number of nitrogens with zero attached hydrogens (tertiary/aromatic N) is 4. The molecule has 1 amide bonds. The van der Waals surface area contributed by atoms with Gasteiger partial charge in [-0.1, -0.05) is 47.6 Å². The first kappa shape index (κ1) is 25.3. The summed E-state index contributed by atoms with van der Waals surface area (Å²) in [5.41, 5.74) is 7.29. The van der Waals surface area contributed by atoms with E-state index in [9.17, 15) is 9.90 Å². The molecule has 2 aliphatic carbocycles. The molecule has 12 heteroatoms. The highest BCUT2D eigenvalue weighted by atomic mass is 35.5. The minimum atomic E-state index is -0.432. The minimum Gasteiger partial charge on any atom is -0.391 e. The summed E-state index contributed by atoms with van der Waals surface area (Å²) in [5, 5.41) is 18.1. The van der Waals surface area contributed by atoms with Crippen molar-refractivity contribution in [2.75, 3.05) is 10.6 Å². The Hall–Kier alpha value is -2.33. The van der Waals surface area contributed by atoms with Crippen molar-refractivity contribution in [3.05, 3.63) is 33.4 Å². The van der Waals surface area contributed by atoms with Crippen molar-refractivity contribution in [2.45, 2.75) is 69.6 Å². The van der Waals surface area contributed by atoms with Crippen molar-refractivity contribution in [1.82, 2.24) is 19.5 Å². The third-order valence-corrected chi connectivity index (χ3v) is 8.00. The number of fused-ring (bicyclic) bond motifs is 1. The highest BCUT2D eigenvalue weighted by molar-refractivity contribution is 6.41. The summed E-state index contributed by atoms with van der Waals surface area (Å²) in [6, 6.07) is 3.16. The van der Waals surface area contributed by atoms with Gasteiger partial charge in [0.05, 0.1) is 34.1 Å². The van der Waals surface area contributed by atoms with E-state index in [0.717, 1.165) is 38.5 Å². The molecule has 0 unspecified atom stereocenters. The van der Waals surface area contributed by atoms with Crippen LogP contribution < -0.4 is 16.4 Å². The molecule has 9 nitrogen and oxygen atoms in total. The fourth-order valence-electron chi connectivity index (χ4n) is 5.23. The fraction of sp³-hybridized carbons (Fsp3) is 0.500. The molecule has 2 aliphatic rings. The van der Waals surface area contributed by atoms with Gasteiger partial charge in [0.15, 0.2) is 5.65 Å². The van der Waals surface area contributed by atoms with E-state index in [1.807, 2.05) is 4.57 Å². The number of carbonyl (C=O) groups is 1. The van der Waals surface area contributed by atoms with Gasteiger partial charge in [0, 0.05) is 17.0 Å². The lowest BCUT2D eigenvalue weighted by molar-refractivity contribution is -0.122. The number of benzene rings is 1. The molecule has 2 fully saturated rings. The number of halogens is 3. The van der Waals surface area contributed by atoms with Crippen LogP contribution in [0.25, 0.3) is 11.2 Å². The van der Waals surface area contributed by atoms with Gasteiger partial charge in [0.2, 0.25) is 17.8 Å². The molecule has 0 bridgehead atoms. The van der Waals surface area contributed by atoms with Crippen molar-refractivity contribution in [2.24, 2.45) is 11.7 Å². The molecule has 0 saturated heterocycles. The number of nitrogens with two attached hydrogens (primary N) is 1. The third-order valence-electron chi connectivity index (χ3n) is 7.18. The van der Waals surface area contributed by atoms with Crippen molar-refractivity contribution >= 4 is 69.5 Å². The van der Waals surface area contributed by atoms with E-state index in [1.165, 1.54) is 0 Å². The summed E-state index contributed by atoms with van der Waals surface area (Å²) in [6.07, 6.45) is 7.78. The van der Waals surface area contributed by atoms with Gasteiger partial charge in [0.1, 0.15) is 5.52 Å². The average Bonchev–Trinajstić information content (AvgIpc) is 3.20. The van der Waals surface area contributed by atoms with Crippen LogP contribution in [-0.2, 0) is 4.79 Å². The lowest BCUT2D eigenvalue weighted by Gasteiger charge is -2.29. The largest absolute Gasteiger partial charge is 0.391 e. The van der Waals surface area contributed by atoms with E-state index in [4.69, 9.17) is 50.5 Å². The van der Waals surface area contributed by atoms with E-state index in [0.29, 0.717) is 56.7 Å². The molecule has 5 rings (SSSR count). The predicted molar refractivity (Wildman–Crippen MR) is 142 cm³/mol. The number of aliphatic hydroxyl groups is 1. The summed E-state index contributed by atoms with van der Waals surface area (Å²) in [5.74, 6) is 0.562. The molecular formula is C24H28Cl3N7O2. The number of amides is 1. The number of imidazole rings is 1. The number of hydrogen-bond acceptors (Lipinski definition) is 7. The van der Waals surface area contributed by atoms with E-state index in [2.05, 4.69) is 15.6 Å². The zero-order valence-corrected chi connectivity index (χ0v) is 21.8. The van der Waals surface area contributed by atoms with Crippen LogP contribution >= 0.6 is 34.8 Å². The van der Waals surface area contributed by atoms with E-state index in [1.54, 1.807) is 18.3 Å². The summed E-state index contributed by atoms with van der Waals surface area (Å²) in [4.78, 5) is 25.7. The molecule has 1 aromatic carbocycles. The number of rotatable bonds is 6. The van der Waals surface area contributed by atoms with Crippen LogP contribution in [0.1, 0.15) is 57.4 Å². The maximum atomic E-state index is 11.7. The molecule has 0 spiro atoms.